The molecule has 0 saturated heterocycles. The number of hydrogen-bond donors (Lipinski definition) is 0. The van der Waals surface area contributed by atoms with E-state index in [1.807, 2.05) is 17.8 Å². The fraction of sp³-hybridized carbons (Fsp3) is 0.700. The maximum Gasteiger partial charge on any atom is 0.500 e. The molecule has 100 valence electrons. The van der Waals surface area contributed by atoms with Crippen molar-refractivity contribution < 1.29 is 30.3 Å². The summed E-state index contributed by atoms with van der Waals surface area (Å²) in [7, 11) is 4.57. The van der Waals surface area contributed by atoms with Crippen molar-refractivity contribution in [1.29, 1.82) is 0 Å². The molecule has 7 heteroatoms. The molecule has 17 heavy (non-hydrogen) atoms. The second-order valence-corrected chi connectivity index (χ2v) is 6.81. The normalized spacial score (nSPS) is 11.3. The molecule has 1 heterocycles. The maximum absolute atomic E-state index is 5.36. The van der Waals surface area contributed by atoms with Crippen molar-refractivity contribution in [1.82, 2.24) is 4.57 Å². The fourth-order valence-electron chi connectivity index (χ4n) is 1.67. The zero-order valence-electron chi connectivity index (χ0n) is 10.9. The van der Waals surface area contributed by atoms with E-state index in [1.165, 1.54) is 0 Å². The molecule has 0 N–H and O–H groups in total. The summed E-state index contributed by atoms with van der Waals surface area (Å²) in [6.07, 6.45) is 7.11. The van der Waals surface area contributed by atoms with Crippen LogP contribution < -0.4 is 17.0 Å². The van der Waals surface area contributed by atoms with Crippen molar-refractivity contribution in [3.8, 4) is 0 Å². The summed E-state index contributed by atoms with van der Waals surface area (Å²) >= 11 is 0. The Labute approximate surface area is 110 Å². The van der Waals surface area contributed by atoms with E-state index in [4.69, 9.17) is 13.3 Å². The van der Waals surface area contributed by atoms with Gasteiger partial charge in [0.15, 0.2) is 0 Å². The lowest BCUT2D eigenvalue weighted by Gasteiger charge is -2.23. The van der Waals surface area contributed by atoms with Crippen LogP contribution in [0.3, 0.4) is 0 Å². The van der Waals surface area contributed by atoms with Gasteiger partial charge in [0.2, 0.25) is 6.33 Å². The molecule has 0 amide bonds. The first-order valence-corrected chi connectivity index (χ1v) is 7.25. The van der Waals surface area contributed by atoms with Crippen LogP contribution in [0.25, 0.3) is 0 Å². The van der Waals surface area contributed by atoms with Gasteiger partial charge in [-0.15, -0.1) is 0 Å². The minimum Gasteiger partial charge on any atom is -1.00 e. The third kappa shape index (κ3) is 4.77. The second-order valence-electron chi connectivity index (χ2n) is 3.72. The molecule has 0 aliphatic heterocycles. The van der Waals surface area contributed by atoms with E-state index < -0.39 is 8.80 Å². The summed E-state index contributed by atoms with van der Waals surface area (Å²) in [4.78, 5) is 0. The Morgan fingerprint density at radius 1 is 1.18 bits per heavy atom. The van der Waals surface area contributed by atoms with E-state index in [1.54, 1.807) is 21.3 Å². The summed E-state index contributed by atoms with van der Waals surface area (Å²) in [6, 6.07) is 0.832. The van der Waals surface area contributed by atoms with Gasteiger partial charge < -0.3 is 25.7 Å². The molecule has 5 nitrogen and oxygen atoms in total. The lowest BCUT2D eigenvalue weighted by atomic mass is 10.5. The Kier molecular flexibility index (Phi) is 7.65. The summed E-state index contributed by atoms with van der Waals surface area (Å²) < 4.78 is 20.2. The molecule has 0 radical (unpaired) electrons. The van der Waals surface area contributed by atoms with Gasteiger partial charge in [-0.25, -0.2) is 9.13 Å². The van der Waals surface area contributed by atoms with Crippen molar-refractivity contribution >= 4 is 8.80 Å². The minimum atomic E-state index is -2.38. The van der Waals surface area contributed by atoms with Gasteiger partial charge in [-0.1, -0.05) is 0 Å². The van der Waals surface area contributed by atoms with Crippen molar-refractivity contribution in [2.45, 2.75) is 19.0 Å². The van der Waals surface area contributed by atoms with Crippen molar-refractivity contribution in [3.63, 3.8) is 0 Å². The van der Waals surface area contributed by atoms with Crippen LogP contribution in [-0.4, -0.2) is 34.7 Å². The average molecular weight is 281 g/mol. The average Bonchev–Trinajstić information content (AvgIpc) is 2.71. The van der Waals surface area contributed by atoms with E-state index in [0.717, 1.165) is 19.0 Å². The van der Waals surface area contributed by atoms with Gasteiger partial charge in [0.1, 0.15) is 12.4 Å². The van der Waals surface area contributed by atoms with Gasteiger partial charge in [-0.05, 0) is 6.42 Å². The molecule has 1 aromatic heterocycles. The monoisotopic (exact) mass is 280 g/mol. The molecule has 0 aliphatic carbocycles. The maximum atomic E-state index is 5.36. The van der Waals surface area contributed by atoms with Gasteiger partial charge in [-0.2, -0.15) is 0 Å². The van der Waals surface area contributed by atoms with E-state index in [-0.39, 0.29) is 12.4 Å². The number of rotatable bonds is 7. The first-order chi connectivity index (χ1) is 7.65. The second kappa shape index (κ2) is 7.83. The number of halogens is 1. The summed E-state index contributed by atoms with van der Waals surface area (Å²) in [5.74, 6) is 0. The van der Waals surface area contributed by atoms with Gasteiger partial charge in [0.05, 0.1) is 13.6 Å². The highest BCUT2D eigenvalue weighted by Crippen LogP contribution is 2.15. The Bertz CT molecular complexity index is 310. The number of aromatic nitrogens is 2. The molecule has 0 saturated carbocycles. The van der Waals surface area contributed by atoms with Crippen LogP contribution in [0.2, 0.25) is 6.04 Å². The minimum absolute atomic E-state index is 0. The van der Waals surface area contributed by atoms with Crippen LogP contribution in [0.5, 0.6) is 0 Å². The van der Waals surface area contributed by atoms with E-state index >= 15 is 0 Å². The predicted molar refractivity (Wildman–Crippen MR) is 61.8 cm³/mol. The van der Waals surface area contributed by atoms with Crippen LogP contribution in [0.4, 0.5) is 0 Å². The number of nitrogens with zero attached hydrogens (tertiary/aromatic N) is 2. The lowest BCUT2D eigenvalue weighted by Crippen LogP contribution is -3.00. The number of imidazole rings is 1. The van der Waals surface area contributed by atoms with Crippen molar-refractivity contribution in [3.05, 3.63) is 18.7 Å². The zero-order chi connectivity index (χ0) is 12.0. The molecule has 1 rings (SSSR count). The third-order valence-electron chi connectivity index (χ3n) is 2.66. The quantitative estimate of drug-likeness (QED) is 0.412. The third-order valence-corrected chi connectivity index (χ3v) is 5.49. The molecular formula is C10H21ClN2O3Si. The zero-order valence-corrected chi connectivity index (χ0v) is 12.6. The fourth-order valence-corrected chi connectivity index (χ4v) is 3.37. The Balaban J connectivity index is 0.00000256. The summed E-state index contributed by atoms with van der Waals surface area (Å²) in [5.41, 5.74) is 0. The predicted octanol–water partition coefficient (Wildman–Crippen LogP) is -2.42. The van der Waals surface area contributed by atoms with Gasteiger partial charge in [-0.3, -0.25) is 0 Å². The smallest absolute Gasteiger partial charge is 0.500 e. The Morgan fingerprint density at radius 2 is 1.76 bits per heavy atom. The lowest BCUT2D eigenvalue weighted by molar-refractivity contribution is -0.671. The van der Waals surface area contributed by atoms with Gasteiger partial charge in [0.25, 0.3) is 0 Å². The van der Waals surface area contributed by atoms with Crippen LogP contribution in [0.1, 0.15) is 6.42 Å². The standard InChI is InChI=1S/C10H21N2O3Si.ClH/c1-11-7-8-12(10-11)6-5-9-16(13-2,14-3)15-4;/h7-8,10H,5-6,9H2,1-4H3;1H/q+1;/p-1. The largest absolute Gasteiger partial charge is 1.00 e. The van der Waals surface area contributed by atoms with E-state index in [2.05, 4.69) is 17.1 Å². The molecule has 0 bridgehead atoms. The molecule has 0 aromatic carbocycles. The SMILES string of the molecule is CO[Si](CCCn1cc[n+](C)c1)(OC)OC.[Cl-]. The van der Waals surface area contributed by atoms with Crippen LogP contribution in [0.15, 0.2) is 18.7 Å². The van der Waals surface area contributed by atoms with Crippen LogP contribution >= 0.6 is 0 Å². The first-order valence-electron chi connectivity index (χ1n) is 5.32. The van der Waals surface area contributed by atoms with Crippen LogP contribution in [0, 0.1) is 0 Å². The summed E-state index contributed by atoms with van der Waals surface area (Å²) in [6.45, 7) is 0.950. The summed E-state index contributed by atoms with van der Waals surface area (Å²) in [5, 5.41) is 0. The van der Waals surface area contributed by atoms with Gasteiger partial charge >= 0.3 is 8.80 Å². The van der Waals surface area contributed by atoms with Crippen LogP contribution in [-0.2, 0) is 26.9 Å². The van der Waals surface area contributed by atoms with Gasteiger partial charge in [0, 0.05) is 27.4 Å². The van der Waals surface area contributed by atoms with E-state index in [0.29, 0.717) is 0 Å². The highest BCUT2D eigenvalue weighted by molar-refractivity contribution is 6.60. The molecule has 1 aromatic rings. The molecule has 0 unspecified atom stereocenters. The first kappa shape index (κ1) is 16.6. The highest BCUT2D eigenvalue weighted by Gasteiger charge is 2.37. The van der Waals surface area contributed by atoms with E-state index in [9.17, 15) is 0 Å². The Hall–Kier alpha value is -0.403. The molecular weight excluding hydrogens is 260 g/mol. The Morgan fingerprint density at radius 3 is 2.18 bits per heavy atom. The van der Waals surface area contributed by atoms with Crippen molar-refractivity contribution in [2.24, 2.45) is 7.05 Å². The molecule has 0 aliphatic rings. The molecule has 0 spiro atoms. The van der Waals surface area contributed by atoms with Crippen molar-refractivity contribution in [2.75, 3.05) is 21.3 Å². The highest BCUT2D eigenvalue weighted by atomic mass is 35.5. The topological polar surface area (TPSA) is 36.5 Å². The molecule has 0 fully saturated rings. The number of hydrogen-bond acceptors (Lipinski definition) is 3. The molecule has 0 atom stereocenters. The number of aryl methyl sites for hydroxylation is 2.